The van der Waals surface area contributed by atoms with Gasteiger partial charge in [-0.3, -0.25) is 14.4 Å². The van der Waals surface area contributed by atoms with Gasteiger partial charge in [-0.15, -0.1) is 0 Å². The molecule has 0 spiro atoms. The van der Waals surface area contributed by atoms with Crippen molar-refractivity contribution >= 4 is 17.5 Å². The number of benzene rings is 2. The Morgan fingerprint density at radius 2 is 1.75 bits per heavy atom. The van der Waals surface area contributed by atoms with Crippen LogP contribution < -0.4 is 10.6 Å². The molecule has 2 aromatic rings. The van der Waals surface area contributed by atoms with E-state index in [1.165, 1.54) is 11.8 Å². The zero-order valence-corrected chi connectivity index (χ0v) is 15.9. The van der Waals surface area contributed by atoms with Gasteiger partial charge >= 0.3 is 0 Å². The molecule has 0 aromatic heterocycles. The fraction of sp³-hybridized carbons (Fsp3) is 0.261. The Morgan fingerprint density at radius 1 is 1.04 bits per heavy atom. The number of carbonyl (C=O) groups excluding carboxylic acids is 3. The van der Waals surface area contributed by atoms with Gasteiger partial charge in [0.1, 0.15) is 0 Å². The molecule has 0 saturated heterocycles. The van der Waals surface area contributed by atoms with Crippen molar-refractivity contribution in [3.63, 3.8) is 0 Å². The van der Waals surface area contributed by atoms with Crippen LogP contribution in [0.5, 0.6) is 0 Å². The average Bonchev–Trinajstić information content (AvgIpc) is 2.71. The van der Waals surface area contributed by atoms with Crippen LogP contribution in [0.1, 0.15) is 40.2 Å². The number of allylic oxidation sites excluding steroid dienone is 1. The van der Waals surface area contributed by atoms with E-state index in [1.54, 1.807) is 25.2 Å². The SMILES string of the molecule is CNC=C1C(=O)CC(c2cccc(C(=O)NCCc3ccccc3)c2)CC1=O. The number of nitrogens with one attached hydrogen (secondary N) is 2. The lowest BCUT2D eigenvalue weighted by atomic mass is 9.80. The number of hydrogen-bond acceptors (Lipinski definition) is 4. The molecule has 1 aliphatic rings. The molecular formula is C23H24N2O3. The van der Waals surface area contributed by atoms with Gasteiger partial charge in [-0.2, -0.15) is 0 Å². The first-order chi connectivity index (χ1) is 13.6. The molecule has 0 heterocycles. The first kappa shape index (κ1) is 19.5. The topological polar surface area (TPSA) is 75.3 Å². The first-order valence-corrected chi connectivity index (χ1v) is 9.44. The molecule has 5 heteroatoms. The smallest absolute Gasteiger partial charge is 0.251 e. The van der Waals surface area contributed by atoms with E-state index in [-0.39, 0.29) is 41.8 Å². The maximum absolute atomic E-state index is 12.5. The van der Waals surface area contributed by atoms with E-state index in [4.69, 9.17) is 0 Å². The molecule has 2 N–H and O–H groups in total. The number of carbonyl (C=O) groups is 3. The van der Waals surface area contributed by atoms with E-state index in [1.807, 2.05) is 36.4 Å². The quantitative estimate of drug-likeness (QED) is 0.600. The lowest BCUT2D eigenvalue weighted by Crippen LogP contribution is -2.27. The van der Waals surface area contributed by atoms with E-state index in [0.717, 1.165) is 12.0 Å². The van der Waals surface area contributed by atoms with Gasteiger partial charge in [0.15, 0.2) is 11.6 Å². The normalized spacial score (nSPS) is 16.6. The maximum Gasteiger partial charge on any atom is 0.251 e. The zero-order valence-electron chi connectivity index (χ0n) is 15.9. The summed E-state index contributed by atoms with van der Waals surface area (Å²) in [5, 5.41) is 5.68. The molecule has 0 radical (unpaired) electrons. The summed E-state index contributed by atoms with van der Waals surface area (Å²) in [7, 11) is 1.67. The second-order valence-corrected chi connectivity index (χ2v) is 6.92. The van der Waals surface area contributed by atoms with E-state index >= 15 is 0 Å². The first-order valence-electron chi connectivity index (χ1n) is 9.44. The second-order valence-electron chi connectivity index (χ2n) is 6.92. The molecule has 0 aliphatic heterocycles. The van der Waals surface area contributed by atoms with E-state index in [0.29, 0.717) is 12.1 Å². The summed E-state index contributed by atoms with van der Waals surface area (Å²) in [4.78, 5) is 37.0. The van der Waals surface area contributed by atoms with Gasteiger partial charge in [-0.05, 0) is 35.6 Å². The van der Waals surface area contributed by atoms with E-state index in [9.17, 15) is 14.4 Å². The highest BCUT2D eigenvalue weighted by atomic mass is 16.2. The molecule has 3 rings (SSSR count). The fourth-order valence-electron chi connectivity index (χ4n) is 3.44. The van der Waals surface area contributed by atoms with Crippen LogP contribution in [0.3, 0.4) is 0 Å². The highest BCUT2D eigenvalue weighted by Gasteiger charge is 2.31. The largest absolute Gasteiger partial charge is 0.393 e. The van der Waals surface area contributed by atoms with Gasteiger partial charge < -0.3 is 10.6 Å². The summed E-state index contributed by atoms with van der Waals surface area (Å²) < 4.78 is 0. The fourth-order valence-corrected chi connectivity index (χ4v) is 3.44. The van der Waals surface area contributed by atoms with Crippen molar-refractivity contribution in [2.75, 3.05) is 13.6 Å². The van der Waals surface area contributed by atoms with E-state index in [2.05, 4.69) is 10.6 Å². The van der Waals surface area contributed by atoms with Crippen LogP contribution in [0, 0.1) is 0 Å². The van der Waals surface area contributed by atoms with E-state index < -0.39 is 0 Å². The van der Waals surface area contributed by atoms with Crippen molar-refractivity contribution in [2.24, 2.45) is 0 Å². The highest BCUT2D eigenvalue weighted by molar-refractivity contribution is 6.22. The summed E-state index contributed by atoms with van der Waals surface area (Å²) in [6, 6.07) is 17.2. The Morgan fingerprint density at radius 3 is 2.43 bits per heavy atom. The van der Waals surface area contributed by atoms with Crippen molar-refractivity contribution in [2.45, 2.75) is 25.2 Å². The molecule has 0 bridgehead atoms. The molecule has 144 valence electrons. The number of ketones is 2. The van der Waals surface area contributed by atoms with Crippen molar-refractivity contribution in [1.82, 2.24) is 10.6 Å². The molecule has 1 saturated carbocycles. The summed E-state index contributed by atoms with van der Waals surface area (Å²) in [5.74, 6) is -0.658. The van der Waals surface area contributed by atoms with Gasteiger partial charge in [-0.1, -0.05) is 42.5 Å². The van der Waals surface area contributed by atoms with Gasteiger partial charge in [0, 0.05) is 38.2 Å². The summed E-state index contributed by atoms with van der Waals surface area (Å²) in [5.41, 5.74) is 2.79. The molecule has 5 nitrogen and oxygen atoms in total. The molecule has 0 atom stereocenters. The van der Waals surface area contributed by atoms with Crippen LogP contribution in [0.15, 0.2) is 66.4 Å². The molecule has 1 aliphatic carbocycles. The minimum atomic E-state index is -0.189. The van der Waals surface area contributed by atoms with Gasteiger partial charge in [0.2, 0.25) is 0 Å². The molecule has 0 unspecified atom stereocenters. The number of Topliss-reactive ketones (excluding diaryl/α,β-unsaturated/α-hetero) is 2. The third-order valence-electron chi connectivity index (χ3n) is 4.92. The van der Waals surface area contributed by atoms with Crippen molar-refractivity contribution in [3.8, 4) is 0 Å². The molecule has 2 aromatic carbocycles. The van der Waals surface area contributed by atoms with Gasteiger partial charge in [-0.25, -0.2) is 0 Å². The van der Waals surface area contributed by atoms with Crippen LogP contribution in [-0.2, 0) is 16.0 Å². The Bertz CT molecular complexity index is 883. The Labute approximate surface area is 164 Å². The van der Waals surface area contributed by atoms with Gasteiger partial charge in [0.25, 0.3) is 5.91 Å². The third-order valence-corrected chi connectivity index (χ3v) is 4.92. The van der Waals surface area contributed by atoms with Gasteiger partial charge in [0.05, 0.1) is 5.57 Å². The standard InChI is InChI=1S/C23H24N2O3/c1-24-15-20-21(26)13-19(14-22(20)27)17-8-5-9-18(12-17)23(28)25-11-10-16-6-3-2-4-7-16/h2-9,12,15,19,24H,10-11,13-14H2,1H3,(H,25,28). The predicted molar refractivity (Wildman–Crippen MR) is 108 cm³/mol. The van der Waals surface area contributed by atoms with Crippen LogP contribution in [0.2, 0.25) is 0 Å². The lowest BCUT2D eigenvalue weighted by Gasteiger charge is -2.22. The second kappa shape index (κ2) is 9.13. The monoisotopic (exact) mass is 376 g/mol. The number of hydrogen-bond donors (Lipinski definition) is 2. The van der Waals surface area contributed by atoms with Crippen molar-refractivity contribution in [3.05, 3.63) is 83.1 Å². The number of rotatable bonds is 6. The molecule has 1 amide bonds. The number of amides is 1. The lowest BCUT2D eigenvalue weighted by molar-refractivity contribution is -0.124. The maximum atomic E-state index is 12.5. The minimum absolute atomic E-state index is 0.151. The van der Waals surface area contributed by atoms with Crippen LogP contribution in [0.4, 0.5) is 0 Å². The molecular weight excluding hydrogens is 352 g/mol. The van der Waals surface area contributed by atoms with Crippen molar-refractivity contribution < 1.29 is 14.4 Å². The predicted octanol–water partition coefficient (Wildman–Crippen LogP) is 2.78. The Balaban J connectivity index is 1.63. The highest BCUT2D eigenvalue weighted by Crippen LogP contribution is 2.31. The molecule has 28 heavy (non-hydrogen) atoms. The summed E-state index contributed by atoms with van der Waals surface area (Å²) >= 11 is 0. The van der Waals surface area contributed by atoms with Crippen LogP contribution in [-0.4, -0.2) is 31.1 Å². The summed E-state index contributed by atoms with van der Waals surface area (Å²) in [6.07, 6.45) is 2.78. The Kier molecular flexibility index (Phi) is 6.37. The molecule has 1 fully saturated rings. The third kappa shape index (κ3) is 4.74. The minimum Gasteiger partial charge on any atom is -0.393 e. The van der Waals surface area contributed by atoms with Crippen molar-refractivity contribution in [1.29, 1.82) is 0 Å². The Hall–Kier alpha value is -3.21. The van der Waals surface area contributed by atoms with Crippen LogP contribution in [0.25, 0.3) is 0 Å². The zero-order chi connectivity index (χ0) is 19.9. The van der Waals surface area contributed by atoms with Crippen LogP contribution >= 0.6 is 0 Å². The summed E-state index contributed by atoms with van der Waals surface area (Å²) in [6.45, 7) is 0.547. The average molecular weight is 376 g/mol.